The minimum absolute atomic E-state index is 0.376. The maximum absolute atomic E-state index is 10.6. The molecule has 0 N–H and O–H groups in total. The summed E-state index contributed by atoms with van der Waals surface area (Å²) in [6, 6.07) is 0. The van der Waals surface area contributed by atoms with Crippen molar-refractivity contribution in [1.82, 2.24) is 0 Å². The third-order valence-corrected chi connectivity index (χ3v) is 1.80. The van der Waals surface area contributed by atoms with Gasteiger partial charge in [-0.25, -0.2) is 0 Å². The van der Waals surface area contributed by atoms with Crippen molar-refractivity contribution in [3.8, 4) is 12.3 Å². The van der Waals surface area contributed by atoms with Gasteiger partial charge in [-0.1, -0.05) is 12.0 Å². The van der Waals surface area contributed by atoms with E-state index in [1.54, 1.807) is 6.08 Å². The molecule has 0 aliphatic heterocycles. The highest BCUT2D eigenvalue weighted by Crippen LogP contribution is 2.17. The van der Waals surface area contributed by atoms with E-state index in [-0.39, 0.29) is 0 Å². The number of allylic oxidation sites excluding steroid dienone is 1. The van der Waals surface area contributed by atoms with Crippen LogP contribution in [0.3, 0.4) is 0 Å². The number of terminal acetylenes is 1. The van der Waals surface area contributed by atoms with Crippen LogP contribution in [0.4, 0.5) is 0 Å². The predicted molar refractivity (Wildman–Crippen MR) is 36.4 cm³/mol. The topological polar surface area (TPSA) is 17.1 Å². The van der Waals surface area contributed by atoms with E-state index in [0.717, 1.165) is 0 Å². The monoisotopic (exact) mass is 127 g/mol. The van der Waals surface area contributed by atoms with Gasteiger partial charge in [0.25, 0.3) is 0 Å². The third-order valence-electron chi connectivity index (χ3n) is 0.600. The summed E-state index contributed by atoms with van der Waals surface area (Å²) >= 11 is 0. The largest absolute Gasteiger partial charge is 0.286 e. The molecule has 0 fully saturated rings. The van der Waals surface area contributed by atoms with Crippen LogP contribution in [-0.4, -0.2) is 12.3 Å². The molecule has 0 spiro atoms. The Labute approximate surface area is 50.6 Å². The van der Waals surface area contributed by atoms with Crippen molar-refractivity contribution in [3.05, 3.63) is 12.7 Å². The lowest BCUT2D eigenvalue weighted by Gasteiger charge is -1.84. The lowest BCUT2D eigenvalue weighted by atomic mass is 10.8. The van der Waals surface area contributed by atoms with Crippen molar-refractivity contribution in [2.45, 2.75) is 0 Å². The SMILES string of the molecule is C#CC[P](=O)CC=C. The Kier molecular flexibility index (Phi) is 4.21. The van der Waals surface area contributed by atoms with E-state index in [9.17, 15) is 4.57 Å². The van der Waals surface area contributed by atoms with Gasteiger partial charge in [0.2, 0.25) is 0 Å². The van der Waals surface area contributed by atoms with E-state index < -0.39 is 7.80 Å². The van der Waals surface area contributed by atoms with Crippen molar-refractivity contribution in [1.29, 1.82) is 0 Å². The quantitative estimate of drug-likeness (QED) is 0.320. The third kappa shape index (κ3) is 3.59. The molecule has 0 amide bonds. The Morgan fingerprint density at radius 1 is 1.88 bits per heavy atom. The highest BCUT2D eigenvalue weighted by Gasteiger charge is 1.90. The van der Waals surface area contributed by atoms with Gasteiger partial charge in [0.05, 0.1) is 14.0 Å². The molecule has 0 saturated carbocycles. The van der Waals surface area contributed by atoms with Crippen LogP contribution in [0, 0.1) is 12.3 Å². The molecule has 0 bridgehead atoms. The van der Waals surface area contributed by atoms with Gasteiger partial charge in [-0.05, 0) is 0 Å². The highest BCUT2D eigenvalue weighted by atomic mass is 31.1. The fourth-order valence-corrected chi connectivity index (χ4v) is 0.931. The molecule has 0 aliphatic carbocycles. The maximum Gasteiger partial charge on any atom is 0.0879 e. The first-order valence-corrected chi connectivity index (χ1v) is 3.90. The molecule has 1 unspecified atom stereocenters. The summed E-state index contributed by atoms with van der Waals surface area (Å²) in [6.45, 7) is 3.43. The number of rotatable bonds is 3. The summed E-state index contributed by atoms with van der Waals surface area (Å²) in [7, 11) is -1.18. The van der Waals surface area contributed by atoms with E-state index >= 15 is 0 Å². The van der Waals surface area contributed by atoms with Crippen molar-refractivity contribution in [2.75, 3.05) is 12.3 Å². The van der Waals surface area contributed by atoms with E-state index in [4.69, 9.17) is 6.42 Å². The molecule has 0 rings (SSSR count). The number of hydrogen-bond acceptors (Lipinski definition) is 1. The van der Waals surface area contributed by atoms with Crippen LogP contribution >= 0.6 is 7.80 Å². The first-order chi connectivity index (χ1) is 3.81. The van der Waals surface area contributed by atoms with E-state index in [0.29, 0.717) is 12.3 Å². The van der Waals surface area contributed by atoms with Crippen LogP contribution in [0.2, 0.25) is 0 Å². The minimum Gasteiger partial charge on any atom is -0.286 e. The van der Waals surface area contributed by atoms with Crippen molar-refractivity contribution in [3.63, 3.8) is 0 Å². The molecular weight excluding hydrogens is 119 g/mol. The minimum atomic E-state index is -1.18. The second-order valence-electron chi connectivity index (χ2n) is 1.32. The number of hydrogen-bond donors (Lipinski definition) is 0. The van der Waals surface area contributed by atoms with Crippen LogP contribution in [0.1, 0.15) is 0 Å². The summed E-state index contributed by atoms with van der Waals surface area (Å²) in [5, 5.41) is 0. The first kappa shape index (κ1) is 7.40. The van der Waals surface area contributed by atoms with Gasteiger partial charge in [0.1, 0.15) is 0 Å². The van der Waals surface area contributed by atoms with Gasteiger partial charge in [0.15, 0.2) is 0 Å². The molecule has 0 aromatic heterocycles. The summed E-state index contributed by atoms with van der Waals surface area (Å²) in [5.74, 6) is 2.32. The van der Waals surface area contributed by atoms with Crippen molar-refractivity contribution < 1.29 is 4.57 Å². The molecular formula is C6H8OP. The van der Waals surface area contributed by atoms with E-state index in [1.807, 2.05) is 0 Å². The van der Waals surface area contributed by atoms with Gasteiger partial charge < -0.3 is 0 Å². The second-order valence-corrected chi connectivity index (χ2v) is 2.96. The van der Waals surface area contributed by atoms with E-state index in [1.165, 1.54) is 0 Å². The normalized spacial score (nSPS) is 9.62. The summed E-state index contributed by atoms with van der Waals surface area (Å²) in [6.07, 6.45) is 7.43. The van der Waals surface area contributed by atoms with Crippen molar-refractivity contribution >= 4 is 7.80 Å². The molecule has 0 aliphatic rings. The highest BCUT2D eigenvalue weighted by molar-refractivity contribution is 7.45. The Morgan fingerprint density at radius 2 is 2.50 bits per heavy atom. The first-order valence-electron chi connectivity index (χ1n) is 2.27. The van der Waals surface area contributed by atoms with Crippen LogP contribution in [0.15, 0.2) is 12.7 Å². The van der Waals surface area contributed by atoms with Crippen LogP contribution in [0.5, 0.6) is 0 Å². The fraction of sp³-hybridized carbons (Fsp3) is 0.333. The van der Waals surface area contributed by atoms with Gasteiger partial charge in [0, 0.05) is 6.16 Å². The molecule has 0 aromatic rings. The zero-order valence-electron chi connectivity index (χ0n) is 4.63. The average Bonchev–Trinajstić information content (AvgIpc) is 1.68. The molecule has 2 heteroatoms. The fourth-order valence-electron chi connectivity index (χ4n) is 0.310. The molecule has 8 heavy (non-hydrogen) atoms. The van der Waals surface area contributed by atoms with Gasteiger partial charge in [-0.2, -0.15) is 0 Å². The van der Waals surface area contributed by atoms with Crippen LogP contribution < -0.4 is 0 Å². The lowest BCUT2D eigenvalue weighted by molar-refractivity contribution is 0.591. The molecule has 0 heterocycles. The Bertz CT molecular complexity index is 132. The summed E-state index contributed by atoms with van der Waals surface area (Å²) in [4.78, 5) is 0. The Hall–Kier alpha value is -0.600. The Morgan fingerprint density at radius 3 is 2.88 bits per heavy atom. The molecule has 0 saturated heterocycles. The van der Waals surface area contributed by atoms with Crippen LogP contribution in [-0.2, 0) is 4.57 Å². The zero-order valence-corrected chi connectivity index (χ0v) is 5.53. The molecule has 43 valence electrons. The maximum atomic E-state index is 10.6. The lowest BCUT2D eigenvalue weighted by Crippen LogP contribution is -1.72. The second kappa shape index (κ2) is 4.56. The van der Waals surface area contributed by atoms with Crippen LogP contribution in [0.25, 0.3) is 0 Å². The smallest absolute Gasteiger partial charge is 0.0879 e. The molecule has 1 nitrogen and oxygen atoms in total. The van der Waals surface area contributed by atoms with Crippen molar-refractivity contribution in [2.24, 2.45) is 0 Å². The molecule has 0 aromatic carbocycles. The van der Waals surface area contributed by atoms with Gasteiger partial charge >= 0.3 is 0 Å². The summed E-state index contributed by atoms with van der Waals surface area (Å²) in [5.41, 5.74) is 0. The molecule has 1 radical (unpaired) electrons. The standard InChI is InChI=1S/C6H8OP/c1-3-5-8(7)6-4-2/h1,4H,2,5-6H2. The predicted octanol–water partition coefficient (Wildman–Crippen LogP) is 1.63. The Balaban J connectivity index is 3.36. The van der Waals surface area contributed by atoms with Gasteiger partial charge in [-0.15, -0.1) is 13.0 Å². The average molecular weight is 127 g/mol. The molecule has 1 atom stereocenters. The summed E-state index contributed by atoms with van der Waals surface area (Å²) < 4.78 is 10.6. The van der Waals surface area contributed by atoms with Gasteiger partial charge in [-0.3, -0.25) is 4.57 Å². The van der Waals surface area contributed by atoms with E-state index in [2.05, 4.69) is 12.5 Å². The zero-order chi connectivity index (χ0) is 6.41.